The van der Waals surface area contributed by atoms with E-state index in [1.807, 2.05) is 0 Å². The molecule has 166 valence electrons. The third-order valence-corrected chi connectivity index (χ3v) is 5.43. The van der Waals surface area contributed by atoms with Gasteiger partial charge in [-0.15, -0.1) is 11.6 Å². The fraction of sp³-hybridized carbons (Fsp3) is 0.364. The first-order chi connectivity index (χ1) is 14.7. The molecule has 2 amide bonds. The number of hydrogen-bond donors (Lipinski definition) is 0. The summed E-state index contributed by atoms with van der Waals surface area (Å²) < 4.78 is 51.9. The van der Waals surface area contributed by atoms with E-state index in [1.165, 1.54) is 35.2 Å². The first-order valence-electron chi connectivity index (χ1n) is 9.81. The van der Waals surface area contributed by atoms with Crippen LogP contribution in [0.4, 0.5) is 23.2 Å². The predicted octanol–water partition coefficient (Wildman–Crippen LogP) is 5.11. The minimum Gasteiger partial charge on any atom is -0.338 e. The fourth-order valence-electron chi connectivity index (χ4n) is 3.70. The molecule has 3 rings (SSSR count). The second-order valence-electron chi connectivity index (χ2n) is 7.28. The summed E-state index contributed by atoms with van der Waals surface area (Å²) in [4.78, 5) is 28.4. The second kappa shape index (κ2) is 9.68. The highest BCUT2D eigenvalue weighted by Crippen LogP contribution is 2.30. The van der Waals surface area contributed by atoms with Crippen molar-refractivity contribution in [1.82, 2.24) is 4.90 Å². The van der Waals surface area contributed by atoms with Crippen LogP contribution in [0.3, 0.4) is 0 Å². The van der Waals surface area contributed by atoms with Crippen molar-refractivity contribution in [1.29, 1.82) is 0 Å². The monoisotopic (exact) mass is 456 g/mol. The van der Waals surface area contributed by atoms with Crippen molar-refractivity contribution in [3.8, 4) is 0 Å². The molecule has 2 aromatic carbocycles. The second-order valence-corrected chi connectivity index (χ2v) is 7.66. The molecule has 0 aromatic heterocycles. The predicted molar refractivity (Wildman–Crippen MR) is 110 cm³/mol. The maximum absolute atomic E-state index is 13.7. The van der Waals surface area contributed by atoms with E-state index in [9.17, 15) is 27.2 Å². The molecule has 9 heteroatoms. The van der Waals surface area contributed by atoms with Crippen LogP contribution in [-0.4, -0.2) is 41.7 Å². The SMILES string of the molecule is O=C(c1ccc(C(F)(F)F)cc1)N1CCC(N(C(=O)CCCl)c2cccc(F)c2)CC1. The number of carbonyl (C=O) groups excluding carboxylic acids is 2. The molecule has 2 aromatic rings. The number of anilines is 1. The number of benzene rings is 2. The van der Waals surface area contributed by atoms with E-state index in [0.29, 0.717) is 31.6 Å². The maximum Gasteiger partial charge on any atom is 0.416 e. The van der Waals surface area contributed by atoms with Gasteiger partial charge in [-0.1, -0.05) is 6.07 Å². The van der Waals surface area contributed by atoms with Crippen LogP contribution in [0.15, 0.2) is 48.5 Å². The summed E-state index contributed by atoms with van der Waals surface area (Å²) >= 11 is 5.73. The van der Waals surface area contributed by atoms with Crippen molar-refractivity contribution in [3.05, 3.63) is 65.5 Å². The quantitative estimate of drug-likeness (QED) is 0.463. The molecule has 0 radical (unpaired) electrons. The minimum atomic E-state index is -4.46. The van der Waals surface area contributed by atoms with E-state index in [0.717, 1.165) is 12.1 Å². The van der Waals surface area contributed by atoms with E-state index in [2.05, 4.69) is 0 Å². The first-order valence-corrected chi connectivity index (χ1v) is 10.3. The van der Waals surface area contributed by atoms with Crippen molar-refractivity contribution in [2.24, 2.45) is 0 Å². The normalized spacial score (nSPS) is 15.1. The highest BCUT2D eigenvalue weighted by atomic mass is 35.5. The van der Waals surface area contributed by atoms with Gasteiger partial charge in [-0.2, -0.15) is 13.2 Å². The van der Waals surface area contributed by atoms with Crippen LogP contribution in [0.5, 0.6) is 0 Å². The van der Waals surface area contributed by atoms with E-state index in [-0.39, 0.29) is 35.7 Å². The Morgan fingerprint density at radius 2 is 1.71 bits per heavy atom. The largest absolute Gasteiger partial charge is 0.416 e. The Balaban J connectivity index is 1.70. The number of rotatable bonds is 5. The van der Waals surface area contributed by atoms with Crippen molar-refractivity contribution in [2.75, 3.05) is 23.9 Å². The molecule has 0 saturated carbocycles. The van der Waals surface area contributed by atoms with Gasteiger partial charge < -0.3 is 9.80 Å². The lowest BCUT2D eigenvalue weighted by Gasteiger charge is -2.38. The first kappa shape index (κ1) is 23.1. The summed E-state index contributed by atoms with van der Waals surface area (Å²) in [6, 6.07) is 9.61. The van der Waals surface area contributed by atoms with Crippen molar-refractivity contribution in [3.63, 3.8) is 0 Å². The summed E-state index contributed by atoms with van der Waals surface area (Å²) in [5.74, 6) is -0.920. The lowest BCUT2D eigenvalue weighted by Crippen LogP contribution is -2.49. The molecular weight excluding hydrogens is 436 g/mol. The van der Waals surface area contributed by atoms with Crippen LogP contribution in [0, 0.1) is 5.82 Å². The van der Waals surface area contributed by atoms with Gasteiger partial charge in [0.1, 0.15) is 5.82 Å². The van der Waals surface area contributed by atoms with E-state index in [4.69, 9.17) is 11.6 Å². The highest BCUT2D eigenvalue weighted by molar-refractivity contribution is 6.19. The van der Waals surface area contributed by atoms with Gasteiger partial charge in [0.25, 0.3) is 5.91 Å². The van der Waals surface area contributed by atoms with E-state index < -0.39 is 17.6 Å². The Morgan fingerprint density at radius 3 is 2.26 bits per heavy atom. The molecule has 1 aliphatic heterocycles. The molecule has 1 saturated heterocycles. The number of piperidine rings is 1. The number of halogens is 5. The number of nitrogens with zero attached hydrogens (tertiary/aromatic N) is 2. The van der Waals surface area contributed by atoms with Gasteiger partial charge in [-0.3, -0.25) is 9.59 Å². The van der Waals surface area contributed by atoms with Crippen LogP contribution >= 0.6 is 11.6 Å². The molecule has 4 nitrogen and oxygen atoms in total. The zero-order valence-electron chi connectivity index (χ0n) is 16.5. The average molecular weight is 457 g/mol. The summed E-state index contributed by atoms with van der Waals surface area (Å²) in [6.45, 7) is 0.648. The molecule has 0 aliphatic carbocycles. The lowest BCUT2D eigenvalue weighted by atomic mass is 10.0. The Bertz CT molecular complexity index is 926. The Morgan fingerprint density at radius 1 is 1.06 bits per heavy atom. The smallest absolute Gasteiger partial charge is 0.338 e. The third kappa shape index (κ3) is 5.55. The molecule has 0 unspecified atom stereocenters. The number of likely N-dealkylation sites (tertiary alicyclic amines) is 1. The van der Waals surface area contributed by atoms with Gasteiger partial charge in [-0.05, 0) is 55.3 Å². The molecule has 0 atom stereocenters. The zero-order valence-corrected chi connectivity index (χ0v) is 17.3. The molecule has 1 fully saturated rings. The van der Waals surface area contributed by atoms with Crippen LogP contribution in [0.2, 0.25) is 0 Å². The lowest BCUT2D eigenvalue weighted by molar-refractivity contribution is -0.137. The van der Waals surface area contributed by atoms with Crippen molar-refractivity contribution in [2.45, 2.75) is 31.5 Å². The molecule has 0 spiro atoms. The number of amides is 2. The Kier molecular flexibility index (Phi) is 7.20. The van der Waals surface area contributed by atoms with Crippen molar-refractivity contribution < 1.29 is 27.2 Å². The van der Waals surface area contributed by atoms with Gasteiger partial charge in [0.05, 0.1) is 5.56 Å². The van der Waals surface area contributed by atoms with Gasteiger partial charge in [0, 0.05) is 42.7 Å². The molecular formula is C22H21ClF4N2O2. The van der Waals surface area contributed by atoms with Crippen molar-refractivity contribution >= 4 is 29.1 Å². The third-order valence-electron chi connectivity index (χ3n) is 5.24. The average Bonchev–Trinajstić information content (AvgIpc) is 2.74. The molecule has 0 bridgehead atoms. The van der Waals surface area contributed by atoms with Crippen LogP contribution < -0.4 is 4.90 Å². The van der Waals surface area contributed by atoms with Crippen LogP contribution in [0.1, 0.15) is 35.2 Å². The van der Waals surface area contributed by atoms with Crippen LogP contribution in [0.25, 0.3) is 0 Å². The summed E-state index contributed by atoms with van der Waals surface area (Å²) in [5, 5.41) is 0. The fourth-order valence-corrected chi connectivity index (χ4v) is 3.86. The number of hydrogen-bond acceptors (Lipinski definition) is 2. The molecule has 0 N–H and O–H groups in total. The highest BCUT2D eigenvalue weighted by Gasteiger charge is 2.32. The molecule has 1 aliphatic rings. The number of alkyl halides is 4. The van der Waals surface area contributed by atoms with E-state index in [1.54, 1.807) is 11.0 Å². The number of carbonyl (C=O) groups is 2. The summed E-state index contributed by atoms with van der Waals surface area (Å²) in [5.41, 5.74) is -0.208. The van der Waals surface area contributed by atoms with Gasteiger partial charge in [-0.25, -0.2) is 4.39 Å². The Labute approximate surface area is 182 Å². The minimum absolute atomic E-state index is 0.1000. The zero-order chi connectivity index (χ0) is 22.6. The maximum atomic E-state index is 13.7. The van der Waals surface area contributed by atoms with Crippen LogP contribution in [-0.2, 0) is 11.0 Å². The summed E-state index contributed by atoms with van der Waals surface area (Å²) in [6.07, 6.45) is -3.45. The van der Waals surface area contributed by atoms with E-state index >= 15 is 0 Å². The molecule has 31 heavy (non-hydrogen) atoms. The van der Waals surface area contributed by atoms with Gasteiger partial charge >= 0.3 is 6.18 Å². The standard InChI is InChI=1S/C22H21ClF4N2O2/c23-11-8-20(30)29(19-3-1-2-17(24)14-19)18-9-12-28(13-10-18)21(31)15-4-6-16(7-5-15)22(25,26)27/h1-7,14,18H,8-13H2. The van der Waals surface area contributed by atoms with Gasteiger partial charge in [0.2, 0.25) is 5.91 Å². The summed E-state index contributed by atoms with van der Waals surface area (Å²) in [7, 11) is 0. The topological polar surface area (TPSA) is 40.6 Å². The Hall–Kier alpha value is -2.61. The molecule has 1 heterocycles. The van der Waals surface area contributed by atoms with Gasteiger partial charge in [0.15, 0.2) is 0 Å².